The molecule has 96 valence electrons. The second-order valence-corrected chi connectivity index (χ2v) is 4.27. The fourth-order valence-electron chi connectivity index (χ4n) is 1.98. The average molecular weight is 251 g/mol. The Morgan fingerprint density at radius 1 is 1.05 bits per heavy atom. The minimum absolute atomic E-state index is 0.0775. The number of Topliss-reactive ketones (excluding diaryl/α,β-unsaturated/α-hetero) is 1. The molecule has 2 nitrogen and oxygen atoms in total. The van der Waals surface area contributed by atoms with E-state index in [2.05, 4.69) is 11.9 Å². The smallest absolute Gasteiger partial charge is 0.184 e. The summed E-state index contributed by atoms with van der Waals surface area (Å²) in [5.41, 5.74) is 1.69. The van der Waals surface area contributed by atoms with Crippen LogP contribution in [-0.2, 0) is 0 Å². The maximum atomic E-state index is 12.6. The van der Waals surface area contributed by atoms with Crippen LogP contribution in [-0.4, -0.2) is 12.3 Å². The third-order valence-corrected chi connectivity index (χ3v) is 2.92. The molecule has 2 aromatic rings. The summed E-state index contributed by atoms with van der Waals surface area (Å²) < 4.78 is 0. The predicted octanol–water partition coefficient (Wildman–Crippen LogP) is 3.39. The standard InChI is InChI=1S/C17H17NO/c1-2-13-18-16(14-9-5-3-6-10-14)17(19)15-11-7-4-8-12-15/h2-12,16,18H,1,13H2. The van der Waals surface area contributed by atoms with Crippen molar-refractivity contribution in [3.63, 3.8) is 0 Å². The molecule has 0 aliphatic rings. The van der Waals surface area contributed by atoms with Gasteiger partial charge in [-0.2, -0.15) is 0 Å². The lowest BCUT2D eigenvalue weighted by molar-refractivity contribution is 0.0945. The monoisotopic (exact) mass is 251 g/mol. The van der Waals surface area contributed by atoms with E-state index in [1.807, 2.05) is 60.7 Å². The summed E-state index contributed by atoms with van der Waals surface area (Å²) in [5.74, 6) is 0.0775. The lowest BCUT2D eigenvalue weighted by Crippen LogP contribution is -2.28. The van der Waals surface area contributed by atoms with Crippen molar-refractivity contribution < 1.29 is 4.79 Å². The van der Waals surface area contributed by atoms with Gasteiger partial charge in [-0.25, -0.2) is 0 Å². The molecule has 19 heavy (non-hydrogen) atoms. The van der Waals surface area contributed by atoms with Crippen LogP contribution in [0, 0.1) is 0 Å². The molecule has 0 aliphatic heterocycles. The van der Waals surface area contributed by atoms with Gasteiger partial charge in [0.05, 0.1) is 6.04 Å². The lowest BCUT2D eigenvalue weighted by Gasteiger charge is -2.17. The Hall–Kier alpha value is -2.19. The van der Waals surface area contributed by atoms with Crippen LogP contribution in [0.15, 0.2) is 73.3 Å². The largest absolute Gasteiger partial charge is 0.300 e. The van der Waals surface area contributed by atoms with Crippen LogP contribution in [0.1, 0.15) is 22.0 Å². The number of hydrogen-bond donors (Lipinski definition) is 1. The van der Waals surface area contributed by atoms with Crippen molar-refractivity contribution in [3.8, 4) is 0 Å². The van der Waals surface area contributed by atoms with Crippen LogP contribution in [0.25, 0.3) is 0 Å². The summed E-state index contributed by atoms with van der Waals surface area (Å²) in [6.07, 6.45) is 1.76. The van der Waals surface area contributed by atoms with Gasteiger partial charge in [0, 0.05) is 12.1 Å². The van der Waals surface area contributed by atoms with Crippen LogP contribution in [0.2, 0.25) is 0 Å². The average Bonchev–Trinajstić information content (AvgIpc) is 2.49. The molecular weight excluding hydrogens is 234 g/mol. The molecule has 2 heteroatoms. The number of ketones is 1. The highest BCUT2D eigenvalue weighted by Gasteiger charge is 2.20. The minimum atomic E-state index is -0.332. The summed E-state index contributed by atoms with van der Waals surface area (Å²) in [6.45, 7) is 4.28. The molecule has 0 saturated carbocycles. The zero-order valence-electron chi connectivity index (χ0n) is 10.8. The van der Waals surface area contributed by atoms with Crippen LogP contribution >= 0.6 is 0 Å². The first-order chi connectivity index (χ1) is 9.33. The Morgan fingerprint density at radius 2 is 1.63 bits per heavy atom. The number of carbonyl (C=O) groups excluding carboxylic acids is 1. The molecule has 2 rings (SSSR count). The van der Waals surface area contributed by atoms with Crippen LogP contribution in [0.4, 0.5) is 0 Å². The summed E-state index contributed by atoms with van der Waals surface area (Å²) in [6, 6.07) is 18.8. The summed E-state index contributed by atoms with van der Waals surface area (Å²) in [7, 11) is 0. The van der Waals surface area contributed by atoms with Crippen LogP contribution in [0.5, 0.6) is 0 Å². The molecule has 0 amide bonds. The Labute approximate surface area is 113 Å². The maximum Gasteiger partial charge on any atom is 0.184 e. The molecule has 0 bridgehead atoms. The summed E-state index contributed by atoms with van der Waals surface area (Å²) >= 11 is 0. The quantitative estimate of drug-likeness (QED) is 0.630. The number of carbonyl (C=O) groups is 1. The molecule has 2 aromatic carbocycles. The van der Waals surface area contributed by atoms with Gasteiger partial charge in [-0.1, -0.05) is 66.7 Å². The number of nitrogens with one attached hydrogen (secondary N) is 1. The van der Waals surface area contributed by atoms with Crippen molar-refractivity contribution in [2.75, 3.05) is 6.54 Å². The second kappa shape index (κ2) is 6.66. The van der Waals surface area contributed by atoms with E-state index >= 15 is 0 Å². The lowest BCUT2D eigenvalue weighted by atomic mass is 9.97. The van der Waals surface area contributed by atoms with Crippen LogP contribution in [0.3, 0.4) is 0 Å². The molecule has 0 aromatic heterocycles. The highest BCUT2D eigenvalue weighted by molar-refractivity contribution is 6.00. The Kier molecular flexibility index (Phi) is 4.65. The van der Waals surface area contributed by atoms with Crippen molar-refractivity contribution >= 4 is 5.78 Å². The van der Waals surface area contributed by atoms with E-state index in [9.17, 15) is 4.79 Å². The molecule has 0 saturated heterocycles. The van der Waals surface area contributed by atoms with Gasteiger partial charge >= 0.3 is 0 Å². The van der Waals surface area contributed by atoms with Crippen molar-refractivity contribution in [2.45, 2.75) is 6.04 Å². The molecule has 0 aliphatic carbocycles. The van der Waals surface area contributed by atoms with Crippen LogP contribution < -0.4 is 5.32 Å². The van der Waals surface area contributed by atoms with E-state index in [0.29, 0.717) is 12.1 Å². The molecule has 1 unspecified atom stereocenters. The topological polar surface area (TPSA) is 29.1 Å². The van der Waals surface area contributed by atoms with Crippen molar-refractivity contribution in [3.05, 3.63) is 84.4 Å². The normalized spacial score (nSPS) is 11.8. The molecule has 0 spiro atoms. The van der Waals surface area contributed by atoms with Gasteiger partial charge in [0.15, 0.2) is 5.78 Å². The first kappa shape index (κ1) is 13.2. The summed E-state index contributed by atoms with van der Waals surface area (Å²) in [5, 5.41) is 3.22. The van der Waals surface area contributed by atoms with E-state index in [1.54, 1.807) is 6.08 Å². The highest BCUT2D eigenvalue weighted by Crippen LogP contribution is 2.18. The number of benzene rings is 2. The second-order valence-electron chi connectivity index (χ2n) is 4.27. The van der Waals surface area contributed by atoms with E-state index in [4.69, 9.17) is 0 Å². The highest BCUT2D eigenvalue weighted by atomic mass is 16.1. The van der Waals surface area contributed by atoms with Gasteiger partial charge in [-0.3, -0.25) is 10.1 Å². The first-order valence-corrected chi connectivity index (χ1v) is 6.31. The van der Waals surface area contributed by atoms with E-state index in [-0.39, 0.29) is 11.8 Å². The SMILES string of the molecule is C=CCNC(C(=O)c1ccccc1)c1ccccc1. The van der Waals surface area contributed by atoms with Gasteiger partial charge < -0.3 is 0 Å². The molecule has 1 N–H and O–H groups in total. The fourth-order valence-corrected chi connectivity index (χ4v) is 1.98. The van der Waals surface area contributed by atoms with Gasteiger partial charge in [0.25, 0.3) is 0 Å². The molecule has 0 heterocycles. The molecule has 0 radical (unpaired) electrons. The van der Waals surface area contributed by atoms with Crippen molar-refractivity contribution in [2.24, 2.45) is 0 Å². The molecule has 0 fully saturated rings. The van der Waals surface area contributed by atoms with Crippen molar-refractivity contribution in [1.29, 1.82) is 0 Å². The zero-order valence-corrected chi connectivity index (χ0v) is 10.8. The van der Waals surface area contributed by atoms with Gasteiger partial charge in [0.1, 0.15) is 0 Å². The third-order valence-electron chi connectivity index (χ3n) is 2.92. The van der Waals surface area contributed by atoms with Crippen molar-refractivity contribution in [1.82, 2.24) is 5.32 Å². The van der Waals surface area contributed by atoms with E-state index < -0.39 is 0 Å². The maximum absolute atomic E-state index is 12.6. The van der Waals surface area contributed by atoms with Gasteiger partial charge in [-0.05, 0) is 5.56 Å². The third kappa shape index (κ3) is 3.39. The Balaban J connectivity index is 2.28. The van der Waals surface area contributed by atoms with E-state index in [1.165, 1.54) is 0 Å². The van der Waals surface area contributed by atoms with E-state index in [0.717, 1.165) is 5.56 Å². The number of rotatable bonds is 6. The molecular formula is C17H17NO. The summed E-state index contributed by atoms with van der Waals surface area (Å²) in [4.78, 5) is 12.6. The number of hydrogen-bond acceptors (Lipinski definition) is 2. The predicted molar refractivity (Wildman–Crippen MR) is 78.2 cm³/mol. The first-order valence-electron chi connectivity index (χ1n) is 6.31. The molecule has 1 atom stereocenters. The Morgan fingerprint density at radius 3 is 2.21 bits per heavy atom. The zero-order chi connectivity index (χ0) is 13.5. The fraction of sp³-hybridized carbons (Fsp3) is 0.118. The Bertz CT molecular complexity index is 534. The van der Waals surface area contributed by atoms with Gasteiger partial charge in [0.2, 0.25) is 0 Å². The van der Waals surface area contributed by atoms with Gasteiger partial charge in [-0.15, -0.1) is 6.58 Å². The minimum Gasteiger partial charge on any atom is -0.300 e.